The van der Waals surface area contributed by atoms with Crippen LogP contribution in [-0.2, 0) is 4.74 Å². The van der Waals surface area contributed by atoms with Crippen molar-refractivity contribution < 1.29 is 4.74 Å². The maximum atomic E-state index is 6.44. The maximum absolute atomic E-state index is 6.44. The van der Waals surface area contributed by atoms with Crippen molar-refractivity contribution >= 4 is 0 Å². The van der Waals surface area contributed by atoms with Crippen molar-refractivity contribution in [3.63, 3.8) is 0 Å². The molecule has 0 radical (unpaired) electrons. The Labute approximate surface area is 99.3 Å². The zero-order chi connectivity index (χ0) is 11.4. The molecular formula is C13H26N2O. The lowest BCUT2D eigenvalue weighted by molar-refractivity contribution is 0.0403. The molecule has 94 valence electrons. The van der Waals surface area contributed by atoms with E-state index in [4.69, 9.17) is 10.5 Å². The first kappa shape index (κ1) is 12.3. The fourth-order valence-corrected chi connectivity index (χ4v) is 3.08. The number of hydrogen-bond donors (Lipinski definition) is 1. The lowest BCUT2D eigenvalue weighted by Gasteiger charge is -2.36. The van der Waals surface area contributed by atoms with Gasteiger partial charge in [0.15, 0.2) is 0 Å². The lowest BCUT2D eigenvalue weighted by Crippen LogP contribution is -2.53. The highest BCUT2D eigenvalue weighted by Gasteiger charge is 2.32. The van der Waals surface area contributed by atoms with Gasteiger partial charge in [-0.05, 0) is 38.1 Å². The van der Waals surface area contributed by atoms with Crippen LogP contribution in [0.1, 0.15) is 39.0 Å². The summed E-state index contributed by atoms with van der Waals surface area (Å²) in [6, 6.07) is 0. The summed E-state index contributed by atoms with van der Waals surface area (Å²) in [7, 11) is 0. The van der Waals surface area contributed by atoms with Crippen LogP contribution in [0.2, 0.25) is 0 Å². The third kappa shape index (κ3) is 3.19. The quantitative estimate of drug-likeness (QED) is 0.791. The summed E-state index contributed by atoms with van der Waals surface area (Å²) in [6.45, 7) is 7.59. The summed E-state index contributed by atoms with van der Waals surface area (Å²) in [6.07, 6.45) is 6.14. The standard InChI is InChI=1S/C13H26N2O/c1-2-3-12-4-7-15(10-12)11-13(14)5-8-16-9-6-13/h12H,2-11,14H2,1H3. The number of rotatable bonds is 4. The molecule has 0 aromatic heterocycles. The van der Waals surface area contributed by atoms with Crippen molar-refractivity contribution in [2.45, 2.75) is 44.6 Å². The Bertz CT molecular complexity index is 214. The van der Waals surface area contributed by atoms with Gasteiger partial charge in [0.25, 0.3) is 0 Å². The second-order valence-electron chi connectivity index (χ2n) is 5.65. The topological polar surface area (TPSA) is 38.5 Å². The first-order valence-corrected chi connectivity index (χ1v) is 6.81. The van der Waals surface area contributed by atoms with Gasteiger partial charge in [-0.15, -0.1) is 0 Å². The van der Waals surface area contributed by atoms with Crippen LogP contribution < -0.4 is 5.73 Å². The molecule has 0 saturated carbocycles. The Morgan fingerprint density at radius 3 is 2.81 bits per heavy atom. The molecule has 0 aromatic carbocycles. The summed E-state index contributed by atoms with van der Waals surface area (Å²) in [4.78, 5) is 2.58. The van der Waals surface area contributed by atoms with Crippen molar-refractivity contribution in [3.8, 4) is 0 Å². The largest absolute Gasteiger partial charge is 0.381 e. The summed E-state index contributed by atoms with van der Waals surface area (Å²) in [5.41, 5.74) is 6.46. The van der Waals surface area contributed by atoms with E-state index in [1.54, 1.807) is 0 Å². The summed E-state index contributed by atoms with van der Waals surface area (Å²) in [5, 5.41) is 0. The predicted molar refractivity (Wildman–Crippen MR) is 66.4 cm³/mol. The third-order valence-electron chi connectivity index (χ3n) is 4.09. The fraction of sp³-hybridized carbons (Fsp3) is 1.00. The van der Waals surface area contributed by atoms with Gasteiger partial charge in [-0.25, -0.2) is 0 Å². The second-order valence-corrected chi connectivity index (χ2v) is 5.65. The van der Waals surface area contributed by atoms with Gasteiger partial charge in [-0.1, -0.05) is 13.3 Å². The van der Waals surface area contributed by atoms with Crippen molar-refractivity contribution in [1.29, 1.82) is 0 Å². The van der Waals surface area contributed by atoms with Gasteiger partial charge in [0.1, 0.15) is 0 Å². The average Bonchev–Trinajstić information content (AvgIpc) is 2.66. The van der Waals surface area contributed by atoms with E-state index in [9.17, 15) is 0 Å². The van der Waals surface area contributed by atoms with Crippen LogP contribution in [0.15, 0.2) is 0 Å². The van der Waals surface area contributed by atoms with Crippen LogP contribution in [0, 0.1) is 5.92 Å². The van der Waals surface area contributed by atoms with E-state index in [0.717, 1.165) is 38.5 Å². The molecule has 1 unspecified atom stereocenters. The molecule has 2 N–H and O–H groups in total. The molecule has 2 rings (SSSR count). The normalized spacial score (nSPS) is 30.8. The van der Waals surface area contributed by atoms with E-state index in [0.29, 0.717) is 0 Å². The number of nitrogens with two attached hydrogens (primary N) is 1. The van der Waals surface area contributed by atoms with Gasteiger partial charge in [-0.2, -0.15) is 0 Å². The van der Waals surface area contributed by atoms with Gasteiger partial charge in [0.05, 0.1) is 0 Å². The Morgan fingerprint density at radius 1 is 1.38 bits per heavy atom. The zero-order valence-electron chi connectivity index (χ0n) is 10.6. The molecule has 0 bridgehead atoms. The van der Waals surface area contributed by atoms with Crippen LogP contribution in [-0.4, -0.2) is 43.3 Å². The molecule has 16 heavy (non-hydrogen) atoms. The van der Waals surface area contributed by atoms with Gasteiger partial charge in [0.2, 0.25) is 0 Å². The second kappa shape index (κ2) is 5.48. The summed E-state index contributed by atoms with van der Waals surface area (Å²) < 4.78 is 5.39. The van der Waals surface area contributed by atoms with E-state index in [-0.39, 0.29) is 5.54 Å². The SMILES string of the molecule is CCCC1CCN(CC2(N)CCOCC2)C1. The molecule has 0 amide bonds. The molecular weight excluding hydrogens is 200 g/mol. The molecule has 2 saturated heterocycles. The molecule has 2 heterocycles. The van der Waals surface area contributed by atoms with Crippen LogP contribution in [0.3, 0.4) is 0 Å². The molecule has 3 nitrogen and oxygen atoms in total. The highest BCUT2D eigenvalue weighted by Crippen LogP contribution is 2.25. The van der Waals surface area contributed by atoms with Crippen LogP contribution in [0.4, 0.5) is 0 Å². The van der Waals surface area contributed by atoms with E-state index >= 15 is 0 Å². The fourth-order valence-electron chi connectivity index (χ4n) is 3.08. The first-order valence-electron chi connectivity index (χ1n) is 6.81. The maximum Gasteiger partial charge on any atom is 0.0484 e. The van der Waals surface area contributed by atoms with Crippen molar-refractivity contribution in [3.05, 3.63) is 0 Å². The molecule has 2 aliphatic rings. The number of ether oxygens (including phenoxy) is 1. The Morgan fingerprint density at radius 2 is 2.12 bits per heavy atom. The van der Waals surface area contributed by atoms with Crippen LogP contribution in [0.25, 0.3) is 0 Å². The van der Waals surface area contributed by atoms with Gasteiger partial charge < -0.3 is 15.4 Å². The predicted octanol–water partition coefficient (Wildman–Crippen LogP) is 1.62. The molecule has 3 heteroatoms. The summed E-state index contributed by atoms with van der Waals surface area (Å²) in [5.74, 6) is 0.924. The number of nitrogens with zero attached hydrogens (tertiary/aromatic N) is 1. The van der Waals surface area contributed by atoms with Gasteiger partial charge in [-0.3, -0.25) is 0 Å². The van der Waals surface area contributed by atoms with Crippen LogP contribution >= 0.6 is 0 Å². The Kier molecular flexibility index (Phi) is 4.22. The Hall–Kier alpha value is -0.120. The van der Waals surface area contributed by atoms with Crippen molar-refractivity contribution in [2.24, 2.45) is 11.7 Å². The minimum Gasteiger partial charge on any atom is -0.381 e. The van der Waals surface area contributed by atoms with Gasteiger partial charge in [0, 0.05) is 31.8 Å². The highest BCUT2D eigenvalue weighted by molar-refractivity contribution is 4.91. The number of likely N-dealkylation sites (tertiary alicyclic amines) is 1. The minimum absolute atomic E-state index is 0.0271. The Balaban J connectivity index is 1.77. The lowest BCUT2D eigenvalue weighted by atomic mass is 9.91. The summed E-state index contributed by atoms with van der Waals surface area (Å²) >= 11 is 0. The molecule has 0 spiro atoms. The molecule has 1 atom stereocenters. The average molecular weight is 226 g/mol. The monoisotopic (exact) mass is 226 g/mol. The van der Waals surface area contributed by atoms with Crippen molar-refractivity contribution in [2.75, 3.05) is 32.8 Å². The molecule has 2 fully saturated rings. The molecule has 2 aliphatic heterocycles. The smallest absolute Gasteiger partial charge is 0.0484 e. The van der Waals surface area contributed by atoms with E-state index in [2.05, 4.69) is 11.8 Å². The molecule has 0 aromatic rings. The third-order valence-corrected chi connectivity index (χ3v) is 4.09. The first-order chi connectivity index (χ1) is 7.72. The minimum atomic E-state index is 0.0271. The molecule has 0 aliphatic carbocycles. The van der Waals surface area contributed by atoms with Gasteiger partial charge >= 0.3 is 0 Å². The van der Waals surface area contributed by atoms with E-state index < -0.39 is 0 Å². The van der Waals surface area contributed by atoms with E-state index in [1.165, 1.54) is 32.4 Å². The zero-order valence-corrected chi connectivity index (χ0v) is 10.6. The van der Waals surface area contributed by atoms with Crippen LogP contribution in [0.5, 0.6) is 0 Å². The van der Waals surface area contributed by atoms with E-state index in [1.807, 2.05) is 0 Å². The highest BCUT2D eigenvalue weighted by atomic mass is 16.5. The van der Waals surface area contributed by atoms with Crippen molar-refractivity contribution in [1.82, 2.24) is 4.90 Å². The number of hydrogen-bond acceptors (Lipinski definition) is 3.